The molecule has 2 aromatic carbocycles. The number of aromatic nitrogens is 3. The number of nitrogens with one attached hydrogen (secondary N) is 4. The normalized spacial score (nSPS) is 12.9. The summed E-state index contributed by atoms with van der Waals surface area (Å²) in [5.74, 6) is 2.12. The van der Waals surface area contributed by atoms with Crippen LogP contribution in [0.15, 0.2) is 71.7 Å². The van der Waals surface area contributed by atoms with Gasteiger partial charge in [0.05, 0.1) is 24.5 Å². The number of nitrogens with zero attached hydrogens (tertiary/aromatic N) is 4. The van der Waals surface area contributed by atoms with E-state index in [2.05, 4.69) is 40.5 Å². The molecule has 4 aromatic rings. The van der Waals surface area contributed by atoms with E-state index in [9.17, 15) is 4.79 Å². The number of carbonyl (C=O) groups is 1. The zero-order valence-electron chi connectivity index (χ0n) is 22.7. The molecule has 0 aliphatic carbocycles. The van der Waals surface area contributed by atoms with E-state index in [1.165, 1.54) is 12.6 Å². The average Bonchev–Trinajstić information content (AvgIpc) is 3.54. The molecule has 13 nitrogen and oxygen atoms in total. The number of amides is 1. The minimum Gasteiger partial charge on any atom is -0.492 e. The number of nitrogens with two attached hydrogens (primary N) is 1. The smallest absolute Gasteiger partial charge is 0.211 e. The molecular formula is C28H33N9O4. The summed E-state index contributed by atoms with van der Waals surface area (Å²) in [6, 6.07) is 16.2. The molecule has 0 saturated carbocycles. The largest absolute Gasteiger partial charge is 0.492 e. The average molecular weight is 560 g/mol. The number of nitrogen functional groups attached to an aromatic ring is 1. The zero-order valence-corrected chi connectivity index (χ0v) is 22.7. The van der Waals surface area contributed by atoms with Crippen molar-refractivity contribution in [3.05, 3.63) is 78.3 Å². The Labute approximate surface area is 237 Å². The van der Waals surface area contributed by atoms with Gasteiger partial charge in [-0.05, 0) is 48.5 Å². The Hall–Kier alpha value is -5.01. The van der Waals surface area contributed by atoms with E-state index in [1.807, 2.05) is 24.3 Å². The molecule has 2 aromatic heterocycles. The number of rotatable bonds is 11. The number of carbonyl (C=O) groups excluding carboxylic acids is 1. The zero-order chi connectivity index (χ0) is 28.9. The maximum absolute atomic E-state index is 10.6. The Kier molecular flexibility index (Phi) is 10.6. The van der Waals surface area contributed by atoms with Crippen LogP contribution in [0.2, 0.25) is 0 Å². The molecule has 0 atom stereocenters. The Morgan fingerprint density at radius 1 is 1.07 bits per heavy atom. The Morgan fingerprint density at radius 2 is 1.80 bits per heavy atom. The lowest BCUT2D eigenvalue weighted by Crippen LogP contribution is -2.38. The number of anilines is 5. The third-order valence-electron chi connectivity index (χ3n) is 6.12. The second kappa shape index (κ2) is 15.0. The van der Waals surface area contributed by atoms with Gasteiger partial charge in [0, 0.05) is 49.7 Å². The van der Waals surface area contributed by atoms with Crippen molar-refractivity contribution in [1.29, 1.82) is 5.41 Å². The fraction of sp³-hybridized carbons (Fsp3) is 0.250. The first kappa shape index (κ1) is 29.0. The van der Waals surface area contributed by atoms with Crippen LogP contribution in [0.4, 0.5) is 28.8 Å². The molecule has 1 amide bonds. The van der Waals surface area contributed by atoms with E-state index < -0.39 is 0 Å². The first-order chi connectivity index (χ1) is 20.1. The molecule has 13 heteroatoms. The summed E-state index contributed by atoms with van der Waals surface area (Å²) in [5.41, 5.74) is 8.78. The molecule has 1 aliphatic heterocycles. The van der Waals surface area contributed by atoms with Crippen molar-refractivity contribution in [2.45, 2.75) is 0 Å². The van der Waals surface area contributed by atoms with Gasteiger partial charge in [-0.25, -0.2) is 9.97 Å². The summed E-state index contributed by atoms with van der Waals surface area (Å²) in [6.45, 7) is 4.82. The first-order valence-electron chi connectivity index (χ1n) is 13.0. The quantitative estimate of drug-likeness (QED) is 0.135. The highest BCUT2D eigenvalue weighted by atomic mass is 16.5. The number of hydrogen-bond acceptors (Lipinski definition) is 12. The van der Waals surface area contributed by atoms with Crippen LogP contribution in [0.3, 0.4) is 0 Å². The van der Waals surface area contributed by atoms with Crippen LogP contribution in [0.1, 0.15) is 11.1 Å². The lowest BCUT2D eigenvalue weighted by molar-refractivity contribution is -0.105. The van der Waals surface area contributed by atoms with Gasteiger partial charge in [0.2, 0.25) is 6.41 Å². The van der Waals surface area contributed by atoms with E-state index >= 15 is 0 Å². The molecule has 0 unspecified atom stereocenters. The predicted molar refractivity (Wildman–Crippen MR) is 157 cm³/mol. The van der Waals surface area contributed by atoms with Crippen molar-refractivity contribution >= 4 is 41.0 Å². The van der Waals surface area contributed by atoms with Crippen LogP contribution in [0.25, 0.3) is 0 Å². The molecule has 1 aliphatic rings. The van der Waals surface area contributed by atoms with Gasteiger partial charge < -0.3 is 35.7 Å². The van der Waals surface area contributed by atoms with Crippen LogP contribution in [0.5, 0.6) is 5.75 Å². The topological polar surface area (TPSA) is 177 Å². The van der Waals surface area contributed by atoms with E-state index in [0.29, 0.717) is 35.6 Å². The van der Waals surface area contributed by atoms with E-state index in [1.54, 1.807) is 37.4 Å². The van der Waals surface area contributed by atoms with Gasteiger partial charge in [-0.3, -0.25) is 15.1 Å². The molecule has 41 heavy (non-hydrogen) atoms. The van der Waals surface area contributed by atoms with Gasteiger partial charge in [-0.1, -0.05) is 5.16 Å². The van der Waals surface area contributed by atoms with E-state index in [0.717, 1.165) is 50.1 Å². The Bertz CT molecular complexity index is 1370. The molecule has 1 saturated heterocycles. The highest BCUT2D eigenvalue weighted by Gasteiger charge is 2.17. The van der Waals surface area contributed by atoms with Crippen molar-refractivity contribution in [2.75, 3.05) is 68.2 Å². The van der Waals surface area contributed by atoms with Crippen LogP contribution >= 0.6 is 0 Å². The molecule has 1 fully saturated rings. The van der Waals surface area contributed by atoms with Crippen molar-refractivity contribution < 1.29 is 18.8 Å². The molecule has 214 valence electrons. The highest BCUT2D eigenvalue weighted by molar-refractivity contribution is 6.16. The number of benzene rings is 2. The van der Waals surface area contributed by atoms with Crippen molar-refractivity contribution in [1.82, 2.24) is 20.0 Å². The Balaban J connectivity index is 0.000000483. The summed E-state index contributed by atoms with van der Waals surface area (Å²) in [7, 11) is 1.79. The van der Waals surface area contributed by atoms with Gasteiger partial charge in [0.15, 0.2) is 5.82 Å². The molecule has 5 rings (SSSR count). The lowest BCUT2D eigenvalue weighted by atomic mass is 10.0. The maximum Gasteiger partial charge on any atom is 0.211 e. The van der Waals surface area contributed by atoms with Gasteiger partial charge in [-0.15, -0.1) is 0 Å². The van der Waals surface area contributed by atoms with Crippen LogP contribution in [-0.2, 0) is 9.53 Å². The van der Waals surface area contributed by atoms with Crippen molar-refractivity contribution in [3.8, 4) is 5.75 Å². The highest BCUT2D eigenvalue weighted by Crippen LogP contribution is 2.26. The van der Waals surface area contributed by atoms with E-state index in [-0.39, 0.29) is 11.5 Å². The second-order valence-electron chi connectivity index (χ2n) is 8.78. The molecule has 6 N–H and O–H groups in total. The molecular weight excluding hydrogens is 526 g/mol. The van der Waals surface area contributed by atoms with Gasteiger partial charge in [0.1, 0.15) is 36.6 Å². The molecule has 0 spiro atoms. The summed E-state index contributed by atoms with van der Waals surface area (Å²) in [6.07, 6.45) is 3.49. The molecule has 0 bridgehead atoms. The fourth-order valence-corrected chi connectivity index (χ4v) is 3.92. The summed E-state index contributed by atoms with van der Waals surface area (Å²) in [4.78, 5) is 21.3. The van der Waals surface area contributed by atoms with Crippen LogP contribution in [0, 0.1) is 5.41 Å². The maximum atomic E-state index is 10.6. The predicted octanol–water partition coefficient (Wildman–Crippen LogP) is 3.21. The van der Waals surface area contributed by atoms with Gasteiger partial charge in [0.25, 0.3) is 0 Å². The number of ether oxygens (including phenoxy) is 2. The minimum absolute atomic E-state index is 0.194. The number of hydrogen-bond donors (Lipinski definition) is 5. The molecule has 3 heterocycles. The third kappa shape index (κ3) is 8.49. The van der Waals surface area contributed by atoms with Crippen molar-refractivity contribution in [3.63, 3.8) is 0 Å². The SMILES string of the molecule is CNc1ccon1.N=C(c1ccc(OCCN2CCOCC2)cc1)c1c(N)ncnc1Nc1ccc(NC=O)cc1. The number of morpholine rings is 1. The summed E-state index contributed by atoms with van der Waals surface area (Å²) in [5, 5.41) is 20.9. The second-order valence-corrected chi connectivity index (χ2v) is 8.78. The Morgan fingerprint density at radius 3 is 2.44 bits per heavy atom. The van der Waals surface area contributed by atoms with E-state index in [4.69, 9.17) is 20.6 Å². The minimum atomic E-state index is 0.194. The first-order valence-corrected chi connectivity index (χ1v) is 13.0. The summed E-state index contributed by atoms with van der Waals surface area (Å²) < 4.78 is 15.7. The van der Waals surface area contributed by atoms with Crippen LogP contribution in [-0.4, -0.2) is 78.6 Å². The lowest BCUT2D eigenvalue weighted by Gasteiger charge is -2.26. The monoisotopic (exact) mass is 559 g/mol. The standard InChI is InChI=1S/C24H27N7O3.C4H6N2O/c25-22(17-1-7-20(8-2-17)34-14-11-31-9-12-33-13-10-31)21-23(26)27-15-28-24(21)30-19-5-3-18(4-6-19)29-16-32;1-5-4-2-3-7-6-4/h1-8,15-16,25H,9-14H2,(H,29,32)(H3,26,27,28,30);2-3H,1H3,(H,5,6). The molecule has 0 radical (unpaired) electrons. The van der Waals surface area contributed by atoms with Crippen LogP contribution < -0.4 is 26.4 Å². The van der Waals surface area contributed by atoms with Gasteiger partial charge in [-0.2, -0.15) is 0 Å². The summed E-state index contributed by atoms with van der Waals surface area (Å²) >= 11 is 0. The third-order valence-corrected chi connectivity index (χ3v) is 6.12. The van der Waals surface area contributed by atoms with Crippen molar-refractivity contribution in [2.24, 2.45) is 0 Å². The fourth-order valence-electron chi connectivity index (χ4n) is 3.92. The van der Waals surface area contributed by atoms with Gasteiger partial charge >= 0.3 is 0 Å².